The average Bonchev–Trinajstić information content (AvgIpc) is 3.32. The Bertz CT molecular complexity index is 1230. The van der Waals surface area contributed by atoms with Gasteiger partial charge in [-0.3, -0.25) is 9.58 Å². The molecule has 1 saturated heterocycles. The van der Waals surface area contributed by atoms with Gasteiger partial charge in [-0.2, -0.15) is 5.10 Å². The SMILES string of the molecule is COc1ccccc1-c1nn(Cc2ccccc2)cc1CNCC1CN(Cc2ccccc2)CCO1. The van der Waals surface area contributed by atoms with Crippen molar-refractivity contribution in [2.24, 2.45) is 0 Å². The van der Waals surface area contributed by atoms with Crippen LogP contribution in [0, 0.1) is 0 Å². The molecule has 0 radical (unpaired) electrons. The van der Waals surface area contributed by atoms with E-state index in [0.717, 1.165) is 61.9 Å². The van der Waals surface area contributed by atoms with Crippen LogP contribution in [0.15, 0.2) is 91.1 Å². The monoisotopic (exact) mass is 482 g/mol. The Morgan fingerprint density at radius 2 is 1.61 bits per heavy atom. The van der Waals surface area contributed by atoms with Gasteiger partial charge in [0.15, 0.2) is 0 Å². The molecule has 1 aromatic heterocycles. The zero-order chi connectivity index (χ0) is 24.6. The summed E-state index contributed by atoms with van der Waals surface area (Å²) in [6.07, 6.45) is 2.31. The van der Waals surface area contributed by atoms with E-state index in [9.17, 15) is 0 Å². The van der Waals surface area contributed by atoms with Crippen LogP contribution in [0.2, 0.25) is 0 Å². The van der Waals surface area contributed by atoms with Gasteiger partial charge in [0.2, 0.25) is 0 Å². The second-order valence-corrected chi connectivity index (χ2v) is 9.23. The summed E-state index contributed by atoms with van der Waals surface area (Å²) in [5.74, 6) is 0.830. The number of para-hydroxylation sites is 1. The molecule has 1 fully saturated rings. The number of rotatable bonds is 10. The lowest BCUT2D eigenvalue weighted by molar-refractivity contribution is -0.0300. The van der Waals surface area contributed by atoms with Crippen molar-refractivity contribution in [2.75, 3.05) is 33.4 Å². The van der Waals surface area contributed by atoms with Crippen LogP contribution in [0.4, 0.5) is 0 Å². The van der Waals surface area contributed by atoms with Crippen LogP contribution in [0.3, 0.4) is 0 Å². The number of nitrogens with one attached hydrogen (secondary N) is 1. The Balaban J connectivity index is 1.26. The van der Waals surface area contributed by atoms with Crippen LogP contribution >= 0.6 is 0 Å². The van der Waals surface area contributed by atoms with E-state index in [1.54, 1.807) is 7.11 Å². The molecular formula is C30H34N4O2. The first-order valence-corrected chi connectivity index (χ1v) is 12.6. The fourth-order valence-corrected chi connectivity index (χ4v) is 4.77. The van der Waals surface area contributed by atoms with Crippen molar-refractivity contribution in [1.29, 1.82) is 0 Å². The summed E-state index contributed by atoms with van der Waals surface area (Å²) < 4.78 is 13.7. The van der Waals surface area contributed by atoms with E-state index in [0.29, 0.717) is 6.54 Å². The smallest absolute Gasteiger partial charge is 0.128 e. The summed E-state index contributed by atoms with van der Waals surface area (Å²) in [4.78, 5) is 2.48. The molecule has 6 heteroatoms. The molecule has 36 heavy (non-hydrogen) atoms. The third-order valence-electron chi connectivity index (χ3n) is 6.55. The van der Waals surface area contributed by atoms with E-state index in [4.69, 9.17) is 14.6 Å². The van der Waals surface area contributed by atoms with Crippen molar-refractivity contribution < 1.29 is 9.47 Å². The second kappa shape index (κ2) is 12.0. The molecule has 2 heterocycles. The maximum absolute atomic E-state index is 6.07. The Morgan fingerprint density at radius 1 is 0.917 bits per heavy atom. The number of methoxy groups -OCH3 is 1. The van der Waals surface area contributed by atoms with Crippen molar-refractivity contribution in [3.63, 3.8) is 0 Å². The summed E-state index contributed by atoms with van der Waals surface area (Å²) >= 11 is 0. The molecule has 0 bridgehead atoms. The van der Waals surface area contributed by atoms with Gasteiger partial charge in [-0.05, 0) is 23.3 Å². The number of nitrogens with zero attached hydrogens (tertiary/aromatic N) is 3. The van der Waals surface area contributed by atoms with Crippen LogP contribution in [0.5, 0.6) is 5.75 Å². The van der Waals surface area contributed by atoms with Crippen LogP contribution in [-0.4, -0.2) is 54.1 Å². The second-order valence-electron chi connectivity index (χ2n) is 9.23. The highest BCUT2D eigenvalue weighted by atomic mass is 16.5. The standard InChI is InChI=1S/C30H34N4O2/c1-35-29-15-9-8-14-28(29)30-26(22-34(32-30)21-25-12-6-3-7-13-25)18-31-19-27-23-33(16-17-36-27)20-24-10-4-2-5-11-24/h2-15,22,27,31H,16-21,23H2,1H3. The van der Waals surface area contributed by atoms with Crippen molar-refractivity contribution in [3.05, 3.63) is 108 Å². The van der Waals surface area contributed by atoms with E-state index in [1.165, 1.54) is 11.1 Å². The fraction of sp³-hybridized carbons (Fsp3) is 0.300. The number of morpholine rings is 1. The molecule has 0 aliphatic carbocycles. The molecular weight excluding hydrogens is 448 g/mol. The van der Waals surface area contributed by atoms with Crippen LogP contribution < -0.4 is 10.1 Å². The van der Waals surface area contributed by atoms with Gasteiger partial charge < -0.3 is 14.8 Å². The summed E-state index contributed by atoms with van der Waals surface area (Å²) in [7, 11) is 1.71. The number of ether oxygens (including phenoxy) is 2. The number of aromatic nitrogens is 2. The van der Waals surface area contributed by atoms with Gasteiger partial charge in [-0.15, -0.1) is 0 Å². The molecule has 186 valence electrons. The van der Waals surface area contributed by atoms with Crippen molar-refractivity contribution in [3.8, 4) is 17.0 Å². The molecule has 3 aromatic carbocycles. The third kappa shape index (κ3) is 6.21. The normalized spacial score (nSPS) is 16.2. The van der Waals surface area contributed by atoms with Crippen molar-refractivity contribution in [2.45, 2.75) is 25.7 Å². The van der Waals surface area contributed by atoms with E-state index >= 15 is 0 Å². The fourth-order valence-electron chi connectivity index (χ4n) is 4.77. The molecule has 1 atom stereocenters. The van der Waals surface area contributed by atoms with E-state index in [-0.39, 0.29) is 6.10 Å². The predicted octanol–water partition coefficient (Wildman–Crippen LogP) is 4.60. The highest BCUT2D eigenvalue weighted by Crippen LogP contribution is 2.31. The third-order valence-corrected chi connectivity index (χ3v) is 6.55. The lowest BCUT2D eigenvalue weighted by atomic mass is 10.1. The Labute approximate surface area is 213 Å². The zero-order valence-electron chi connectivity index (χ0n) is 20.8. The highest BCUT2D eigenvalue weighted by Gasteiger charge is 2.21. The predicted molar refractivity (Wildman–Crippen MR) is 143 cm³/mol. The van der Waals surface area contributed by atoms with E-state index in [1.807, 2.05) is 28.9 Å². The molecule has 0 spiro atoms. The number of hydrogen-bond acceptors (Lipinski definition) is 5. The molecule has 4 aromatic rings. The summed E-state index contributed by atoms with van der Waals surface area (Å²) in [5.41, 5.74) is 5.67. The lowest BCUT2D eigenvalue weighted by Crippen LogP contribution is -2.46. The van der Waals surface area contributed by atoms with Gasteiger partial charge in [-0.25, -0.2) is 0 Å². The molecule has 6 nitrogen and oxygen atoms in total. The summed E-state index contributed by atoms with van der Waals surface area (Å²) in [6, 6.07) is 29.2. The topological polar surface area (TPSA) is 51.5 Å². The molecule has 1 unspecified atom stereocenters. The Morgan fingerprint density at radius 3 is 2.36 bits per heavy atom. The first-order valence-electron chi connectivity index (χ1n) is 12.6. The largest absolute Gasteiger partial charge is 0.496 e. The van der Waals surface area contributed by atoms with Crippen molar-refractivity contribution >= 4 is 0 Å². The Hall–Kier alpha value is -3.45. The number of benzene rings is 3. The summed E-state index contributed by atoms with van der Waals surface area (Å²) in [6.45, 7) is 5.85. The van der Waals surface area contributed by atoms with Crippen molar-refractivity contribution in [1.82, 2.24) is 20.0 Å². The Kier molecular flexibility index (Phi) is 8.08. The lowest BCUT2D eigenvalue weighted by Gasteiger charge is -2.33. The molecule has 0 amide bonds. The minimum atomic E-state index is 0.163. The average molecular weight is 483 g/mol. The molecule has 5 rings (SSSR count). The van der Waals surface area contributed by atoms with Gasteiger partial charge >= 0.3 is 0 Å². The van der Waals surface area contributed by atoms with Crippen LogP contribution in [0.25, 0.3) is 11.3 Å². The van der Waals surface area contributed by atoms with Gasteiger partial charge in [0.05, 0.1) is 26.4 Å². The number of hydrogen-bond donors (Lipinski definition) is 1. The van der Waals surface area contributed by atoms with Gasteiger partial charge in [0.25, 0.3) is 0 Å². The molecule has 1 N–H and O–H groups in total. The summed E-state index contributed by atoms with van der Waals surface area (Å²) in [5, 5.41) is 8.60. The highest BCUT2D eigenvalue weighted by molar-refractivity contribution is 5.69. The maximum Gasteiger partial charge on any atom is 0.128 e. The molecule has 1 aliphatic rings. The molecule has 1 aliphatic heterocycles. The molecule has 0 saturated carbocycles. The first kappa shape index (κ1) is 24.3. The van der Waals surface area contributed by atoms with Crippen LogP contribution in [0.1, 0.15) is 16.7 Å². The zero-order valence-corrected chi connectivity index (χ0v) is 20.8. The van der Waals surface area contributed by atoms with Gasteiger partial charge in [0.1, 0.15) is 11.4 Å². The first-order chi connectivity index (χ1) is 17.8. The van der Waals surface area contributed by atoms with Gasteiger partial charge in [0, 0.05) is 50.0 Å². The minimum Gasteiger partial charge on any atom is -0.496 e. The van der Waals surface area contributed by atoms with Gasteiger partial charge in [-0.1, -0.05) is 72.8 Å². The van der Waals surface area contributed by atoms with E-state index < -0.39 is 0 Å². The maximum atomic E-state index is 6.07. The van der Waals surface area contributed by atoms with E-state index in [2.05, 4.69) is 77.1 Å². The quantitative estimate of drug-likeness (QED) is 0.358. The van der Waals surface area contributed by atoms with Crippen LogP contribution in [-0.2, 0) is 24.4 Å². The minimum absolute atomic E-state index is 0.163.